The summed E-state index contributed by atoms with van der Waals surface area (Å²) in [6.45, 7) is 1.91. The number of carbonyl (C=O) groups is 2. The average Bonchev–Trinajstić information content (AvgIpc) is 2.49. The molecular weight excluding hydrogens is 341 g/mol. The van der Waals surface area contributed by atoms with Crippen LogP contribution in [0.4, 0.5) is 13.2 Å². The third-order valence-electron chi connectivity index (χ3n) is 3.21. The number of rotatable bonds is 9. The van der Waals surface area contributed by atoms with Gasteiger partial charge in [-0.05, 0) is 31.5 Å². The molecule has 0 radical (unpaired) electrons. The zero-order valence-electron chi connectivity index (χ0n) is 14.0. The Labute approximate surface area is 143 Å². The number of amides is 1. The second-order valence-electron chi connectivity index (χ2n) is 5.72. The fraction of sp³-hybridized carbons (Fsp3) is 0.500. The minimum atomic E-state index is -4.42. The zero-order valence-corrected chi connectivity index (χ0v) is 14.0. The number of nitrogens with zero attached hydrogens (tertiary/aromatic N) is 1. The molecule has 2 N–H and O–H groups in total. The molecule has 1 amide bonds. The fourth-order valence-corrected chi connectivity index (χ4v) is 1.95. The number of benzene rings is 1. The first kappa shape index (κ1) is 20.8. The van der Waals surface area contributed by atoms with Crippen molar-refractivity contribution < 1.29 is 32.6 Å². The minimum Gasteiger partial charge on any atom is -0.484 e. The van der Waals surface area contributed by atoms with E-state index in [0.29, 0.717) is 5.56 Å². The highest BCUT2D eigenvalue weighted by molar-refractivity contribution is 5.79. The molecule has 0 unspecified atom stereocenters. The molecule has 0 spiro atoms. The number of aliphatic carboxylic acids is 1. The van der Waals surface area contributed by atoms with Crippen molar-refractivity contribution in [3.05, 3.63) is 29.8 Å². The van der Waals surface area contributed by atoms with Crippen molar-refractivity contribution >= 4 is 11.9 Å². The van der Waals surface area contributed by atoms with Crippen LogP contribution in [0.15, 0.2) is 24.3 Å². The highest BCUT2D eigenvalue weighted by atomic mass is 19.4. The van der Waals surface area contributed by atoms with Gasteiger partial charge in [-0.1, -0.05) is 12.1 Å². The number of carbonyl (C=O) groups excluding carboxylic acids is 1. The van der Waals surface area contributed by atoms with Gasteiger partial charge in [0.25, 0.3) is 0 Å². The van der Waals surface area contributed by atoms with Crippen molar-refractivity contribution in [3.63, 3.8) is 0 Å². The highest BCUT2D eigenvalue weighted by Gasteiger charge is 2.28. The first-order valence-corrected chi connectivity index (χ1v) is 7.58. The summed E-state index contributed by atoms with van der Waals surface area (Å²) in [6.07, 6.45) is -4.42. The van der Waals surface area contributed by atoms with E-state index in [0.717, 1.165) is 0 Å². The van der Waals surface area contributed by atoms with Gasteiger partial charge < -0.3 is 15.2 Å². The van der Waals surface area contributed by atoms with E-state index in [2.05, 4.69) is 10.1 Å². The van der Waals surface area contributed by atoms with Crippen LogP contribution in [0.3, 0.4) is 0 Å². The van der Waals surface area contributed by atoms with Crippen molar-refractivity contribution in [1.82, 2.24) is 10.2 Å². The number of nitrogens with one attached hydrogen (secondary N) is 1. The van der Waals surface area contributed by atoms with Crippen LogP contribution < -0.4 is 10.1 Å². The lowest BCUT2D eigenvalue weighted by Gasteiger charge is -2.23. The standard InChI is InChI=1S/C16H21F3N2O4/c1-11(2)21(9-15(23)24)8-14(22)20-7-12-4-3-5-13(6-12)25-10-16(17,18)19/h3-6,11H,7-10H2,1-2H3,(H,20,22)(H,23,24). The molecule has 6 nitrogen and oxygen atoms in total. The van der Waals surface area contributed by atoms with Gasteiger partial charge in [-0.2, -0.15) is 13.2 Å². The number of hydrogen-bond acceptors (Lipinski definition) is 4. The summed E-state index contributed by atoms with van der Waals surface area (Å²) in [5.74, 6) is -1.36. The van der Waals surface area contributed by atoms with Gasteiger partial charge in [-0.3, -0.25) is 14.5 Å². The lowest BCUT2D eigenvalue weighted by atomic mass is 10.2. The van der Waals surface area contributed by atoms with Gasteiger partial charge in [0.2, 0.25) is 5.91 Å². The van der Waals surface area contributed by atoms with Crippen LogP contribution in [0, 0.1) is 0 Å². The first-order valence-electron chi connectivity index (χ1n) is 7.58. The predicted octanol–water partition coefficient (Wildman–Crippen LogP) is 2.04. The molecule has 0 saturated carbocycles. The minimum absolute atomic E-state index is 0.0544. The lowest BCUT2D eigenvalue weighted by Crippen LogP contribution is -2.43. The molecule has 0 aliphatic rings. The molecule has 0 aliphatic heterocycles. The van der Waals surface area contributed by atoms with Crippen LogP contribution >= 0.6 is 0 Å². The van der Waals surface area contributed by atoms with E-state index in [1.807, 2.05) is 0 Å². The van der Waals surface area contributed by atoms with E-state index in [9.17, 15) is 22.8 Å². The van der Waals surface area contributed by atoms with Gasteiger partial charge in [0.05, 0.1) is 13.1 Å². The number of hydrogen-bond donors (Lipinski definition) is 2. The monoisotopic (exact) mass is 362 g/mol. The second kappa shape index (κ2) is 9.26. The van der Waals surface area contributed by atoms with Crippen molar-refractivity contribution in [2.45, 2.75) is 32.6 Å². The van der Waals surface area contributed by atoms with E-state index in [4.69, 9.17) is 5.11 Å². The van der Waals surface area contributed by atoms with E-state index >= 15 is 0 Å². The Morgan fingerprint density at radius 2 is 1.96 bits per heavy atom. The number of halogens is 3. The molecule has 140 valence electrons. The summed E-state index contributed by atoms with van der Waals surface area (Å²) >= 11 is 0. The van der Waals surface area contributed by atoms with Crippen LogP contribution in [-0.2, 0) is 16.1 Å². The molecular formula is C16H21F3N2O4. The molecule has 0 bridgehead atoms. The van der Waals surface area contributed by atoms with Crippen LogP contribution in [0.1, 0.15) is 19.4 Å². The zero-order chi connectivity index (χ0) is 19.0. The van der Waals surface area contributed by atoms with E-state index in [-0.39, 0.29) is 37.3 Å². The van der Waals surface area contributed by atoms with Crippen LogP contribution in [0.2, 0.25) is 0 Å². The van der Waals surface area contributed by atoms with E-state index < -0.39 is 18.8 Å². The molecule has 0 heterocycles. The molecule has 0 atom stereocenters. The molecule has 0 saturated heterocycles. The largest absolute Gasteiger partial charge is 0.484 e. The Balaban J connectivity index is 2.54. The molecule has 1 rings (SSSR count). The molecule has 9 heteroatoms. The van der Waals surface area contributed by atoms with Crippen LogP contribution in [0.5, 0.6) is 5.75 Å². The fourth-order valence-electron chi connectivity index (χ4n) is 1.95. The van der Waals surface area contributed by atoms with Crippen molar-refractivity contribution in [2.75, 3.05) is 19.7 Å². The summed E-state index contributed by atoms with van der Waals surface area (Å²) in [7, 11) is 0. The van der Waals surface area contributed by atoms with Crippen LogP contribution in [-0.4, -0.2) is 53.8 Å². The summed E-state index contributed by atoms with van der Waals surface area (Å²) in [5, 5.41) is 11.4. The highest BCUT2D eigenvalue weighted by Crippen LogP contribution is 2.19. The quantitative estimate of drug-likeness (QED) is 0.703. The molecule has 0 aliphatic carbocycles. The van der Waals surface area contributed by atoms with Gasteiger partial charge in [-0.25, -0.2) is 0 Å². The Hall–Kier alpha value is -2.29. The molecule has 1 aromatic rings. The van der Waals surface area contributed by atoms with E-state index in [1.54, 1.807) is 19.9 Å². The first-order chi connectivity index (χ1) is 11.6. The van der Waals surface area contributed by atoms with E-state index in [1.165, 1.54) is 23.1 Å². The van der Waals surface area contributed by atoms with Crippen molar-refractivity contribution in [2.24, 2.45) is 0 Å². The van der Waals surface area contributed by atoms with Gasteiger partial charge >= 0.3 is 12.1 Å². The number of ether oxygens (including phenoxy) is 1. The molecule has 25 heavy (non-hydrogen) atoms. The Bertz CT molecular complexity index is 591. The number of alkyl halides is 3. The Kier molecular flexibility index (Phi) is 7.69. The van der Waals surface area contributed by atoms with Crippen molar-refractivity contribution in [3.8, 4) is 5.75 Å². The third-order valence-corrected chi connectivity index (χ3v) is 3.21. The maximum Gasteiger partial charge on any atom is 0.422 e. The van der Waals surface area contributed by atoms with Gasteiger partial charge in [0, 0.05) is 12.6 Å². The number of carboxylic acids is 1. The van der Waals surface area contributed by atoms with Gasteiger partial charge in [0.1, 0.15) is 5.75 Å². The maximum absolute atomic E-state index is 12.1. The SMILES string of the molecule is CC(C)N(CC(=O)O)CC(=O)NCc1cccc(OCC(F)(F)F)c1. The predicted molar refractivity (Wildman–Crippen MR) is 84.2 cm³/mol. The van der Waals surface area contributed by atoms with Gasteiger partial charge in [0.15, 0.2) is 6.61 Å². The molecule has 1 aromatic carbocycles. The Morgan fingerprint density at radius 3 is 2.52 bits per heavy atom. The average molecular weight is 362 g/mol. The number of carboxylic acid groups (broad SMARTS) is 1. The normalized spacial score (nSPS) is 11.6. The third kappa shape index (κ3) is 8.94. The molecule has 0 fully saturated rings. The van der Waals surface area contributed by atoms with Crippen LogP contribution in [0.25, 0.3) is 0 Å². The maximum atomic E-state index is 12.1. The lowest BCUT2D eigenvalue weighted by molar-refractivity contribution is -0.153. The summed E-state index contributed by atoms with van der Waals surface area (Å²) in [5.41, 5.74) is 0.572. The summed E-state index contributed by atoms with van der Waals surface area (Å²) < 4.78 is 41.1. The summed E-state index contributed by atoms with van der Waals surface area (Å²) in [6, 6.07) is 5.84. The van der Waals surface area contributed by atoms with Crippen molar-refractivity contribution in [1.29, 1.82) is 0 Å². The smallest absolute Gasteiger partial charge is 0.422 e. The summed E-state index contributed by atoms with van der Waals surface area (Å²) in [4.78, 5) is 24.2. The molecule has 0 aromatic heterocycles. The topological polar surface area (TPSA) is 78.9 Å². The Morgan fingerprint density at radius 1 is 1.28 bits per heavy atom. The van der Waals surface area contributed by atoms with Gasteiger partial charge in [-0.15, -0.1) is 0 Å². The second-order valence-corrected chi connectivity index (χ2v) is 5.72.